The molecule has 5 nitrogen and oxygen atoms in total. The van der Waals surface area contributed by atoms with Gasteiger partial charge < -0.3 is 10.6 Å². The number of rotatable bonds is 9. The number of amides is 2. The molecule has 3 aromatic carbocycles. The van der Waals surface area contributed by atoms with Crippen LogP contribution in [0.2, 0.25) is 0 Å². The molecule has 3 aromatic rings. The van der Waals surface area contributed by atoms with Gasteiger partial charge in [0.05, 0.1) is 10.9 Å². The lowest BCUT2D eigenvalue weighted by atomic mass is 9.76. The Labute approximate surface area is 193 Å². The van der Waals surface area contributed by atoms with Crippen LogP contribution in [0.25, 0.3) is 0 Å². The van der Waals surface area contributed by atoms with Crippen LogP contribution in [0.3, 0.4) is 0 Å². The number of thioether (sulfide) groups is 1. The van der Waals surface area contributed by atoms with Crippen molar-refractivity contribution < 1.29 is 9.59 Å². The third-order valence-corrected chi connectivity index (χ3v) is 6.82. The van der Waals surface area contributed by atoms with E-state index in [9.17, 15) is 9.59 Å². The van der Waals surface area contributed by atoms with Gasteiger partial charge in [0.2, 0.25) is 11.8 Å². The Morgan fingerprint density at radius 3 is 1.75 bits per heavy atom. The van der Waals surface area contributed by atoms with Gasteiger partial charge in [0, 0.05) is 19.2 Å². The highest BCUT2D eigenvalue weighted by molar-refractivity contribution is 8.00. The summed E-state index contributed by atoms with van der Waals surface area (Å²) in [5, 5.41) is 9.48. The molecule has 0 radical (unpaired) electrons. The van der Waals surface area contributed by atoms with Gasteiger partial charge >= 0.3 is 0 Å². The third kappa shape index (κ3) is 4.56. The summed E-state index contributed by atoms with van der Waals surface area (Å²) in [6, 6.07) is 30.4. The zero-order chi connectivity index (χ0) is 22.4. The molecule has 1 saturated heterocycles. The van der Waals surface area contributed by atoms with Gasteiger partial charge in [-0.15, -0.1) is 11.8 Å². The van der Waals surface area contributed by atoms with Crippen molar-refractivity contribution >= 4 is 23.6 Å². The highest BCUT2D eigenvalue weighted by Gasteiger charge is 2.47. The maximum Gasteiger partial charge on any atom is 0.241 e. The molecule has 2 amide bonds. The van der Waals surface area contributed by atoms with Crippen molar-refractivity contribution in [2.75, 3.05) is 12.3 Å². The summed E-state index contributed by atoms with van der Waals surface area (Å²) in [5.74, 6) is 0.654. The SMILES string of the molecule is CC(=O)NCCS[C@H]1NC(=O)[C@H]1NC(c1ccccc1)(c1ccccc1)c1ccccc1. The van der Waals surface area contributed by atoms with Gasteiger partial charge in [-0.2, -0.15) is 0 Å². The molecular formula is C26H27N3O2S. The van der Waals surface area contributed by atoms with E-state index in [-0.39, 0.29) is 23.2 Å². The minimum absolute atomic E-state index is 0.0193. The predicted octanol–water partition coefficient (Wildman–Crippen LogP) is 3.26. The van der Waals surface area contributed by atoms with E-state index in [1.54, 1.807) is 11.8 Å². The molecule has 2 atom stereocenters. The lowest BCUT2D eigenvalue weighted by molar-refractivity contribution is -0.130. The van der Waals surface area contributed by atoms with Crippen molar-refractivity contribution in [2.24, 2.45) is 0 Å². The molecule has 1 aliphatic rings. The van der Waals surface area contributed by atoms with Crippen LogP contribution in [0.5, 0.6) is 0 Å². The predicted molar refractivity (Wildman–Crippen MR) is 129 cm³/mol. The molecule has 32 heavy (non-hydrogen) atoms. The molecule has 0 aliphatic carbocycles. The van der Waals surface area contributed by atoms with Crippen LogP contribution in [0, 0.1) is 0 Å². The fourth-order valence-corrected chi connectivity index (χ4v) is 5.15. The normalized spacial score (nSPS) is 17.8. The first kappa shape index (κ1) is 22.1. The Balaban J connectivity index is 1.71. The Morgan fingerprint density at radius 2 is 1.34 bits per heavy atom. The summed E-state index contributed by atoms with van der Waals surface area (Å²) in [4.78, 5) is 23.8. The molecule has 1 fully saturated rings. The van der Waals surface area contributed by atoms with E-state index >= 15 is 0 Å². The first-order valence-electron chi connectivity index (χ1n) is 10.7. The number of nitrogens with one attached hydrogen (secondary N) is 3. The number of hydrogen-bond acceptors (Lipinski definition) is 4. The first-order valence-corrected chi connectivity index (χ1v) is 11.8. The van der Waals surface area contributed by atoms with Gasteiger partial charge in [-0.05, 0) is 16.7 Å². The van der Waals surface area contributed by atoms with Crippen LogP contribution in [0.15, 0.2) is 91.0 Å². The maximum atomic E-state index is 12.7. The summed E-state index contributed by atoms with van der Waals surface area (Å²) in [7, 11) is 0. The average Bonchev–Trinajstić information content (AvgIpc) is 2.83. The number of carbonyl (C=O) groups is 2. The van der Waals surface area contributed by atoms with Crippen LogP contribution in [0.4, 0.5) is 0 Å². The molecule has 164 valence electrons. The fourth-order valence-electron chi connectivity index (χ4n) is 4.09. The van der Waals surface area contributed by atoms with E-state index in [4.69, 9.17) is 0 Å². The highest BCUT2D eigenvalue weighted by atomic mass is 32.2. The molecule has 0 unspecified atom stereocenters. The van der Waals surface area contributed by atoms with Crippen LogP contribution in [-0.2, 0) is 15.1 Å². The average molecular weight is 446 g/mol. The van der Waals surface area contributed by atoms with Gasteiger partial charge in [0.15, 0.2) is 0 Å². The number of β-lactam (4-membered cyclic amide) rings is 1. The Bertz CT molecular complexity index is 948. The highest BCUT2D eigenvalue weighted by Crippen LogP contribution is 2.38. The van der Waals surface area contributed by atoms with Gasteiger partial charge in [-0.1, -0.05) is 91.0 Å². The Kier molecular flexibility index (Phi) is 6.93. The number of carbonyl (C=O) groups excluding carboxylic acids is 2. The summed E-state index contributed by atoms with van der Waals surface area (Å²) in [6.45, 7) is 2.08. The second kappa shape index (κ2) is 10.0. The monoisotopic (exact) mass is 445 g/mol. The molecule has 1 heterocycles. The van der Waals surface area contributed by atoms with Gasteiger partial charge in [-0.25, -0.2) is 0 Å². The van der Waals surface area contributed by atoms with Crippen molar-refractivity contribution in [2.45, 2.75) is 23.9 Å². The smallest absolute Gasteiger partial charge is 0.241 e. The summed E-state index contributed by atoms with van der Waals surface area (Å²) >= 11 is 1.63. The minimum Gasteiger partial charge on any atom is -0.356 e. The topological polar surface area (TPSA) is 70.2 Å². The first-order chi connectivity index (χ1) is 15.6. The zero-order valence-corrected chi connectivity index (χ0v) is 18.8. The number of benzene rings is 3. The fraction of sp³-hybridized carbons (Fsp3) is 0.231. The molecule has 0 saturated carbocycles. The molecule has 1 aliphatic heterocycles. The van der Waals surface area contributed by atoms with E-state index in [1.807, 2.05) is 54.6 Å². The summed E-state index contributed by atoms with van der Waals surface area (Å²) < 4.78 is 0. The van der Waals surface area contributed by atoms with Gasteiger partial charge in [-0.3, -0.25) is 14.9 Å². The molecular weight excluding hydrogens is 418 g/mol. The van der Waals surface area contributed by atoms with E-state index in [0.717, 1.165) is 22.4 Å². The van der Waals surface area contributed by atoms with E-state index in [0.29, 0.717) is 6.54 Å². The molecule has 0 spiro atoms. The van der Waals surface area contributed by atoms with Crippen molar-refractivity contribution in [1.29, 1.82) is 0 Å². The van der Waals surface area contributed by atoms with Gasteiger partial charge in [0.25, 0.3) is 0 Å². The van der Waals surface area contributed by atoms with Crippen molar-refractivity contribution in [3.8, 4) is 0 Å². The number of hydrogen-bond donors (Lipinski definition) is 3. The van der Waals surface area contributed by atoms with Crippen molar-refractivity contribution in [1.82, 2.24) is 16.0 Å². The van der Waals surface area contributed by atoms with E-state index in [1.165, 1.54) is 6.92 Å². The third-order valence-electron chi connectivity index (χ3n) is 5.64. The summed E-state index contributed by atoms with van der Waals surface area (Å²) in [6.07, 6.45) is 0. The summed E-state index contributed by atoms with van der Waals surface area (Å²) in [5.41, 5.74) is 2.51. The van der Waals surface area contributed by atoms with E-state index in [2.05, 4.69) is 52.3 Å². The largest absolute Gasteiger partial charge is 0.356 e. The maximum absolute atomic E-state index is 12.7. The van der Waals surface area contributed by atoms with Gasteiger partial charge in [0.1, 0.15) is 6.04 Å². The van der Waals surface area contributed by atoms with Crippen LogP contribution >= 0.6 is 11.8 Å². The molecule has 6 heteroatoms. The Morgan fingerprint density at radius 1 is 0.875 bits per heavy atom. The zero-order valence-electron chi connectivity index (χ0n) is 18.0. The van der Waals surface area contributed by atoms with Crippen molar-refractivity contribution in [3.05, 3.63) is 108 Å². The molecule has 3 N–H and O–H groups in total. The van der Waals surface area contributed by atoms with Crippen LogP contribution in [-0.4, -0.2) is 35.5 Å². The molecule has 0 aromatic heterocycles. The van der Waals surface area contributed by atoms with Crippen LogP contribution < -0.4 is 16.0 Å². The second-order valence-corrected chi connectivity index (χ2v) is 9.00. The molecule has 4 rings (SSSR count). The minimum atomic E-state index is -0.692. The van der Waals surface area contributed by atoms with Crippen molar-refractivity contribution in [3.63, 3.8) is 0 Å². The Hall–Kier alpha value is -3.09. The van der Waals surface area contributed by atoms with E-state index < -0.39 is 5.54 Å². The quantitative estimate of drug-likeness (QED) is 0.269. The standard InChI is InChI=1S/C26H27N3O2S/c1-19(30)27-17-18-32-25-23(24(31)28-25)29-26(20-11-5-2-6-12-20,21-13-7-3-8-14-21)22-15-9-4-10-16-22/h2-16,23,25,29H,17-18H2,1H3,(H,27,30)(H,28,31)/t23-,25-/m1/s1. The second-order valence-electron chi connectivity index (χ2n) is 7.75. The van der Waals surface area contributed by atoms with Crippen LogP contribution in [0.1, 0.15) is 23.6 Å². The molecule has 0 bridgehead atoms. The lowest BCUT2D eigenvalue weighted by Crippen LogP contribution is -2.70. The lowest BCUT2D eigenvalue weighted by Gasteiger charge is -2.45.